The fourth-order valence-corrected chi connectivity index (χ4v) is 4.04. The van der Waals surface area contributed by atoms with E-state index in [1.54, 1.807) is 36.7 Å². The molecule has 1 aliphatic heterocycles. The normalized spacial score (nSPS) is 13.7. The standard InChI is InChI=1S/C28H29N5O2/c1-18-4-6-22(12-26(18)32-27(34)23-7-5-19(2)31-15-23)28(35)33-16-25(17-33)21-10-8-20(9-11-21)24(13-29)14-30-3/h4-15,25,29-30H,16-17H2,1-3H3,(H,32,34)/b24-14+,29-13?. The molecule has 2 aromatic carbocycles. The summed E-state index contributed by atoms with van der Waals surface area (Å²) in [6.07, 6.45) is 4.66. The molecular formula is C28H29N5O2. The van der Waals surface area contributed by atoms with Crippen LogP contribution in [-0.2, 0) is 0 Å². The minimum absolute atomic E-state index is 0.0478. The van der Waals surface area contributed by atoms with Gasteiger partial charge in [-0.1, -0.05) is 30.3 Å². The Hall–Kier alpha value is -4.26. The van der Waals surface area contributed by atoms with Crippen LogP contribution in [0.1, 0.15) is 49.0 Å². The third-order valence-electron chi connectivity index (χ3n) is 6.25. The molecule has 178 valence electrons. The van der Waals surface area contributed by atoms with Crippen molar-refractivity contribution in [3.05, 3.63) is 101 Å². The molecular weight excluding hydrogens is 438 g/mol. The van der Waals surface area contributed by atoms with Crippen molar-refractivity contribution < 1.29 is 9.59 Å². The Morgan fingerprint density at radius 2 is 1.69 bits per heavy atom. The average molecular weight is 468 g/mol. The summed E-state index contributed by atoms with van der Waals surface area (Å²) in [7, 11) is 1.81. The Kier molecular flexibility index (Phi) is 7.06. The lowest BCUT2D eigenvalue weighted by atomic mass is 9.89. The van der Waals surface area contributed by atoms with Crippen LogP contribution in [0.25, 0.3) is 5.57 Å². The van der Waals surface area contributed by atoms with E-state index in [2.05, 4.69) is 27.8 Å². The van der Waals surface area contributed by atoms with E-state index in [0.717, 1.165) is 22.4 Å². The molecule has 1 aliphatic rings. The van der Waals surface area contributed by atoms with E-state index in [4.69, 9.17) is 5.41 Å². The van der Waals surface area contributed by atoms with E-state index in [1.165, 1.54) is 11.8 Å². The summed E-state index contributed by atoms with van der Waals surface area (Å²) >= 11 is 0. The summed E-state index contributed by atoms with van der Waals surface area (Å²) < 4.78 is 0. The van der Waals surface area contributed by atoms with E-state index in [1.807, 2.05) is 44.0 Å². The number of amides is 2. The molecule has 4 rings (SSSR count). The zero-order valence-electron chi connectivity index (χ0n) is 20.1. The van der Waals surface area contributed by atoms with Gasteiger partial charge in [0.25, 0.3) is 11.8 Å². The van der Waals surface area contributed by atoms with Crippen LogP contribution < -0.4 is 10.6 Å². The van der Waals surface area contributed by atoms with Crippen LogP contribution in [0, 0.1) is 19.3 Å². The molecule has 1 saturated heterocycles. The zero-order chi connectivity index (χ0) is 24.9. The molecule has 2 heterocycles. The molecule has 7 nitrogen and oxygen atoms in total. The van der Waals surface area contributed by atoms with Crippen molar-refractivity contribution in [2.24, 2.45) is 0 Å². The highest BCUT2D eigenvalue weighted by Gasteiger charge is 2.32. The number of pyridine rings is 1. The molecule has 0 aliphatic carbocycles. The van der Waals surface area contributed by atoms with Gasteiger partial charge in [-0.15, -0.1) is 0 Å². The van der Waals surface area contributed by atoms with Crippen LogP contribution in [-0.4, -0.2) is 48.1 Å². The molecule has 0 spiro atoms. The van der Waals surface area contributed by atoms with E-state index < -0.39 is 0 Å². The summed E-state index contributed by atoms with van der Waals surface area (Å²) in [5.41, 5.74) is 6.32. The first kappa shape index (κ1) is 23.9. The Morgan fingerprint density at radius 3 is 2.31 bits per heavy atom. The van der Waals surface area contributed by atoms with Crippen molar-refractivity contribution in [1.82, 2.24) is 15.2 Å². The Labute approximate surface area is 205 Å². The van der Waals surface area contributed by atoms with E-state index >= 15 is 0 Å². The Balaban J connectivity index is 1.40. The van der Waals surface area contributed by atoms with Gasteiger partial charge in [0.15, 0.2) is 0 Å². The first-order valence-electron chi connectivity index (χ1n) is 11.5. The Bertz CT molecular complexity index is 1270. The molecule has 0 radical (unpaired) electrons. The van der Waals surface area contributed by atoms with Gasteiger partial charge in [0.2, 0.25) is 0 Å². The quantitative estimate of drug-likeness (QED) is 0.449. The van der Waals surface area contributed by atoms with Crippen LogP contribution in [0.15, 0.2) is 67.0 Å². The minimum atomic E-state index is -0.256. The highest BCUT2D eigenvalue weighted by molar-refractivity contribution is 6.08. The number of nitrogens with one attached hydrogen (secondary N) is 3. The van der Waals surface area contributed by atoms with Crippen molar-refractivity contribution in [2.75, 3.05) is 25.5 Å². The van der Waals surface area contributed by atoms with Gasteiger partial charge >= 0.3 is 0 Å². The molecule has 1 fully saturated rings. The summed E-state index contributed by atoms with van der Waals surface area (Å²) in [6, 6.07) is 17.1. The van der Waals surface area contributed by atoms with Crippen molar-refractivity contribution in [2.45, 2.75) is 19.8 Å². The van der Waals surface area contributed by atoms with Gasteiger partial charge in [-0.2, -0.15) is 0 Å². The molecule has 0 unspecified atom stereocenters. The number of carbonyl (C=O) groups excluding carboxylic acids is 2. The third kappa shape index (κ3) is 5.30. The van der Waals surface area contributed by atoms with E-state index in [-0.39, 0.29) is 17.7 Å². The van der Waals surface area contributed by atoms with Gasteiger partial charge in [-0.3, -0.25) is 14.6 Å². The molecule has 0 atom stereocenters. The number of allylic oxidation sites excluding steroid dienone is 1. The molecule has 1 aromatic heterocycles. The number of anilines is 1. The lowest BCUT2D eigenvalue weighted by Crippen LogP contribution is -2.48. The number of benzene rings is 2. The second-order valence-electron chi connectivity index (χ2n) is 8.73. The van der Waals surface area contributed by atoms with Crippen LogP contribution >= 0.6 is 0 Å². The molecule has 35 heavy (non-hydrogen) atoms. The van der Waals surface area contributed by atoms with Gasteiger partial charge in [-0.05, 0) is 54.8 Å². The number of hydrogen-bond acceptors (Lipinski definition) is 5. The lowest BCUT2D eigenvalue weighted by molar-refractivity contribution is 0.0602. The van der Waals surface area contributed by atoms with Gasteiger partial charge in [0.05, 0.1) is 5.56 Å². The topological polar surface area (TPSA) is 98.2 Å². The molecule has 0 saturated carbocycles. The smallest absolute Gasteiger partial charge is 0.257 e. The molecule has 0 bridgehead atoms. The van der Waals surface area contributed by atoms with Gasteiger partial charge < -0.3 is 20.9 Å². The maximum Gasteiger partial charge on any atom is 0.257 e. The maximum absolute atomic E-state index is 13.1. The predicted molar refractivity (Wildman–Crippen MR) is 139 cm³/mol. The number of carbonyl (C=O) groups is 2. The first-order valence-corrected chi connectivity index (χ1v) is 11.5. The van der Waals surface area contributed by atoms with Gasteiger partial charge in [-0.25, -0.2) is 0 Å². The number of aromatic nitrogens is 1. The lowest BCUT2D eigenvalue weighted by Gasteiger charge is -2.39. The average Bonchev–Trinajstić information content (AvgIpc) is 2.83. The van der Waals surface area contributed by atoms with Crippen molar-refractivity contribution in [1.29, 1.82) is 5.41 Å². The number of aryl methyl sites for hydroxylation is 2. The fourth-order valence-electron chi connectivity index (χ4n) is 4.04. The molecule has 3 aromatic rings. The van der Waals surface area contributed by atoms with E-state index in [9.17, 15) is 9.59 Å². The summed E-state index contributed by atoms with van der Waals surface area (Å²) in [5.74, 6) is -0.0230. The van der Waals surface area contributed by atoms with Gasteiger partial charge in [0, 0.05) is 67.2 Å². The molecule has 2 amide bonds. The minimum Gasteiger partial charge on any atom is -0.393 e. The highest BCUT2D eigenvalue weighted by atomic mass is 16.2. The number of hydrogen-bond donors (Lipinski definition) is 3. The predicted octanol–water partition coefficient (Wildman–Crippen LogP) is 4.40. The van der Waals surface area contributed by atoms with E-state index in [0.29, 0.717) is 29.9 Å². The number of nitrogens with zero attached hydrogens (tertiary/aromatic N) is 2. The third-order valence-corrected chi connectivity index (χ3v) is 6.25. The number of likely N-dealkylation sites (tertiary alicyclic amines) is 1. The molecule has 3 N–H and O–H groups in total. The maximum atomic E-state index is 13.1. The SMILES string of the molecule is CN/C=C(\C=N)c1ccc(C2CN(C(=O)c3ccc(C)c(NC(=O)c4ccc(C)nc4)c3)C2)cc1. The highest BCUT2D eigenvalue weighted by Crippen LogP contribution is 2.30. The first-order chi connectivity index (χ1) is 16.9. The van der Waals surface area contributed by atoms with Crippen LogP contribution in [0.2, 0.25) is 0 Å². The summed E-state index contributed by atoms with van der Waals surface area (Å²) in [5, 5.41) is 13.4. The fraction of sp³-hybridized carbons (Fsp3) is 0.214. The van der Waals surface area contributed by atoms with Crippen molar-refractivity contribution >= 4 is 29.3 Å². The Morgan fingerprint density at radius 1 is 1.00 bits per heavy atom. The van der Waals surface area contributed by atoms with Crippen LogP contribution in [0.5, 0.6) is 0 Å². The van der Waals surface area contributed by atoms with Crippen molar-refractivity contribution in [3.63, 3.8) is 0 Å². The largest absolute Gasteiger partial charge is 0.393 e. The van der Waals surface area contributed by atoms with Crippen LogP contribution in [0.4, 0.5) is 5.69 Å². The molecule has 7 heteroatoms. The summed E-state index contributed by atoms with van der Waals surface area (Å²) in [4.78, 5) is 31.7. The summed E-state index contributed by atoms with van der Waals surface area (Å²) in [6.45, 7) is 5.06. The monoisotopic (exact) mass is 467 g/mol. The van der Waals surface area contributed by atoms with Crippen molar-refractivity contribution in [3.8, 4) is 0 Å². The van der Waals surface area contributed by atoms with Gasteiger partial charge in [0.1, 0.15) is 0 Å². The number of rotatable bonds is 7. The second kappa shape index (κ2) is 10.3. The van der Waals surface area contributed by atoms with Crippen LogP contribution in [0.3, 0.4) is 0 Å². The second-order valence-corrected chi connectivity index (χ2v) is 8.73. The zero-order valence-corrected chi connectivity index (χ0v) is 20.1.